The summed E-state index contributed by atoms with van der Waals surface area (Å²) in [7, 11) is 0. The van der Waals surface area contributed by atoms with Crippen LogP contribution in [-0.4, -0.2) is 0 Å². The first-order chi connectivity index (χ1) is 5.59. The summed E-state index contributed by atoms with van der Waals surface area (Å²) in [6, 6.07) is 6.13. The number of rotatable bonds is 2. The molecule has 0 fully saturated rings. The molecule has 0 saturated carbocycles. The lowest BCUT2D eigenvalue weighted by atomic mass is 9.98. The standard InChI is InChI=1S/C11H17N/c1-8(2)6-10-7-11(12)5-4-9(10)3/h4-5,7-8H,6,12H2,1-3H3. The lowest BCUT2D eigenvalue weighted by molar-refractivity contribution is 0.645. The van der Waals surface area contributed by atoms with E-state index >= 15 is 0 Å². The number of nitrogen functional groups attached to an aromatic ring is 1. The summed E-state index contributed by atoms with van der Waals surface area (Å²) in [5, 5.41) is 0. The Balaban J connectivity index is 2.90. The molecular formula is C11H17N. The van der Waals surface area contributed by atoms with Crippen LogP contribution in [0.15, 0.2) is 18.2 Å². The van der Waals surface area contributed by atoms with Crippen LogP contribution < -0.4 is 5.73 Å². The predicted octanol–water partition coefficient (Wildman–Crippen LogP) is 2.78. The average Bonchev–Trinajstić information content (AvgIpc) is 1.96. The number of hydrogen-bond donors (Lipinski definition) is 1. The fraction of sp³-hybridized carbons (Fsp3) is 0.455. The third kappa shape index (κ3) is 2.26. The minimum absolute atomic E-state index is 0.700. The minimum Gasteiger partial charge on any atom is -0.399 e. The van der Waals surface area contributed by atoms with Gasteiger partial charge in [-0.2, -0.15) is 0 Å². The zero-order valence-corrected chi connectivity index (χ0v) is 8.09. The molecule has 0 aliphatic heterocycles. The Bertz CT molecular complexity index is 264. The smallest absolute Gasteiger partial charge is 0.0316 e. The quantitative estimate of drug-likeness (QED) is 0.666. The molecule has 0 aliphatic rings. The van der Waals surface area contributed by atoms with Crippen LogP contribution in [0.1, 0.15) is 25.0 Å². The van der Waals surface area contributed by atoms with Crippen LogP contribution in [0.5, 0.6) is 0 Å². The van der Waals surface area contributed by atoms with Crippen molar-refractivity contribution in [3.8, 4) is 0 Å². The SMILES string of the molecule is Cc1ccc(N)cc1CC(C)C. The van der Waals surface area contributed by atoms with E-state index in [-0.39, 0.29) is 0 Å². The van der Waals surface area contributed by atoms with Crippen molar-refractivity contribution in [2.45, 2.75) is 27.2 Å². The molecule has 0 bridgehead atoms. The second kappa shape index (κ2) is 3.61. The van der Waals surface area contributed by atoms with E-state index in [0.717, 1.165) is 12.1 Å². The van der Waals surface area contributed by atoms with Crippen molar-refractivity contribution in [2.24, 2.45) is 5.92 Å². The largest absolute Gasteiger partial charge is 0.399 e. The summed E-state index contributed by atoms with van der Waals surface area (Å²) in [6.45, 7) is 6.59. The molecule has 1 aromatic carbocycles. The third-order valence-corrected chi connectivity index (χ3v) is 2.00. The predicted molar refractivity (Wildman–Crippen MR) is 54.1 cm³/mol. The summed E-state index contributed by atoms with van der Waals surface area (Å²) in [5.74, 6) is 0.700. The molecule has 0 spiro atoms. The van der Waals surface area contributed by atoms with Gasteiger partial charge < -0.3 is 5.73 Å². The monoisotopic (exact) mass is 163 g/mol. The van der Waals surface area contributed by atoms with Crippen molar-refractivity contribution in [3.05, 3.63) is 29.3 Å². The van der Waals surface area contributed by atoms with Crippen molar-refractivity contribution < 1.29 is 0 Å². The van der Waals surface area contributed by atoms with Gasteiger partial charge in [-0.15, -0.1) is 0 Å². The zero-order chi connectivity index (χ0) is 9.14. The fourth-order valence-corrected chi connectivity index (χ4v) is 1.35. The Hall–Kier alpha value is -0.980. The number of hydrogen-bond acceptors (Lipinski definition) is 1. The maximum absolute atomic E-state index is 5.70. The first kappa shape index (κ1) is 9.11. The molecule has 0 amide bonds. The molecule has 66 valence electrons. The lowest BCUT2D eigenvalue weighted by Crippen LogP contribution is -1.98. The first-order valence-electron chi connectivity index (χ1n) is 4.44. The van der Waals surface area contributed by atoms with E-state index in [4.69, 9.17) is 5.73 Å². The normalized spacial score (nSPS) is 10.7. The van der Waals surface area contributed by atoms with E-state index < -0.39 is 0 Å². The molecule has 0 aliphatic carbocycles. The van der Waals surface area contributed by atoms with Gasteiger partial charge in [0.1, 0.15) is 0 Å². The summed E-state index contributed by atoms with van der Waals surface area (Å²) in [5.41, 5.74) is 9.30. The second-order valence-corrected chi connectivity index (χ2v) is 3.78. The molecule has 12 heavy (non-hydrogen) atoms. The molecule has 2 N–H and O–H groups in total. The van der Waals surface area contributed by atoms with Gasteiger partial charge >= 0.3 is 0 Å². The molecule has 0 unspecified atom stereocenters. The molecular weight excluding hydrogens is 146 g/mol. The molecule has 0 radical (unpaired) electrons. The summed E-state index contributed by atoms with van der Waals surface area (Å²) in [4.78, 5) is 0. The number of benzene rings is 1. The van der Waals surface area contributed by atoms with E-state index in [9.17, 15) is 0 Å². The van der Waals surface area contributed by atoms with Crippen LogP contribution in [0.2, 0.25) is 0 Å². The fourth-order valence-electron chi connectivity index (χ4n) is 1.35. The van der Waals surface area contributed by atoms with Gasteiger partial charge in [0.25, 0.3) is 0 Å². The Labute approximate surface area is 74.6 Å². The maximum Gasteiger partial charge on any atom is 0.0316 e. The molecule has 1 aromatic rings. The van der Waals surface area contributed by atoms with Crippen molar-refractivity contribution in [1.29, 1.82) is 0 Å². The van der Waals surface area contributed by atoms with Gasteiger partial charge in [0.15, 0.2) is 0 Å². The van der Waals surface area contributed by atoms with Gasteiger partial charge in [-0.3, -0.25) is 0 Å². The van der Waals surface area contributed by atoms with Crippen LogP contribution >= 0.6 is 0 Å². The molecule has 0 heterocycles. The Morgan fingerprint density at radius 1 is 1.33 bits per heavy atom. The molecule has 1 heteroatoms. The van der Waals surface area contributed by atoms with Crippen LogP contribution in [-0.2, 0) is 6.42 Å². The van der Waals surface area contributed by atoms with Crippen molar-refractivity contribution in [2.75, 3.05) is 5.73 Å². The van der Waals surface area contributed by atoms with Gasteiger partial charge in [0, 0.05) is 5.69 Å². The van der Waals surface area contributed by atoms with E-state index in [0.29, 0.717) is 5.92 Å². The van der Waals surface area contributed by atoms with Gasteiger partial charge in [-0.05, 0) is 42.5 Å². The Morgan fingerprint density at radius 2 is 2.00 bits per heavy atom. The van der Waals surface area contributed by atoms with Crippen molar-refractivity contribution in [1.82, 2.24) is 0 Å². The molecule has 0 saturated heterocycles. The molecule has 1 nitrogen and oxygen atoms in total. The average molecular weight is 163 g/mol. The zero-order valence-electron chi connectivity index (χ0n) is 8.09. The molecule has 0 aromatic heterocycles. The van der Waals surface area contributed by atoms with E-state index in [2.05, 4.69) is 32.9 Å². The van der Waals surface area contributed by atoms with E-state index in [1.165, 1.54) is 11.1 Å². The van der Waals surface area contributed by atoms with Crippen LogP contribution in [0, 0.1) is 12.8 Å². The summed E-state index contributed by atoms with van der Waals surface area (Å²) >= 11 is 0. The van der Waals surface area contributed by atoms with Crippen LogP contribution in [0.3, 0.4) is 0 Å². The second-order valence-electron chi connectivity index (χ2n) is 3.78. The minimum atomic E-state index is 0.700. The highest BCUT2D eigenvalue weighted by Crippen LogP contribution is 2.16. The summed E-state index contributed by atoms with van der Waals surface area (Å²) in [6.07, 6.45) is 1.12. The number of aryl methyl sites for hydroxylation is 1. The number of nitrogens with two attached hydrogens (primary N) is 1. The summed E-state index contributed by atoms with van der Waals surface area (Å²) < 4.78 is 0. The first-order valence-corrected chi connectivity index (χ1v) is 4.44. The van der Waals surface area contributed by atoms with Crippen LogP contribution in [0.25, 0.3) is 0 Å². The highest BCUT2D eigenvalue weighted by Gasteiger charge is 2.01. The van der Waals surface area contributed by atoms with Crippen LogP contribution in [0.4, 0.5) is 5.69 Å². The van der Waals surface area contributed by atoms with Crippen molar-refractivity contribution in [3.63, 3.8) is 0 Å². The van der Waals surface area contributed by atoms with Gasteiger partial charge in [0.05, 0.1) is 0 Å². The lowest BCUT2D eigenvalue weighted by Gasteiger charge is -2.08. The topological polar surface area (TPSA) is 26.0 Å². The molecule has 1 rings (SSSR count). The Kier molecular flexibility index (Phi) is 2.74. The third-order valence-electron chi connectivity index (χ3n) is 2.00. The van der Waals surface area contributed by atoms with Gasteiger partial charge in [-0.25, -0.2) is 0 Å². The van der Waals surface area contributed by atoms with E-state index in [1.807, 2.05) is 6.07 Å². The van der Waals surface area contributed by atoms with Crippen molar-refractivity contribution >= 4 is 5.69 Å². The van der Waals surface area contributed by atoms with Gasteiger partial charge in [0.2, 0.25) is 0 Å². The van der Waals surface area contributed by atoms with Gasteiger partial charge in [-0.1, -0.05) is 19.9 Å². The maximum atomic E-state index is 5.70. The highest BCUT2D eigenvalue weighted by atomic mass is 14.5. The Morgan fingerprint density at radius 3 is 2.58 bits per heavy atom. The molecule has 0 atom stereocenters. The van der Waals surface area contributed by atoms with E-state index in [1.54, 1.807) is 0 Å². The number of anilines is 1. The highest BCUT2D eigenvalue weighted by molar-refractivity contribution is 5.44.